The van der Waals surface area contributed by atoms with E-state index in [9.17, 15) is 0 Å². The number of allylic oxidation sites excluding steroid dienone is 8. The molecule has 3 aliphatic rings. The molecule has 0 heterocycles. The third-order valence-corrected chi connectivity index (χ3v) is 11.5. The van der Waals surface area contributed by atoms with Crippen molar-refractivity contribution in [2.45, 2.75) is 61.8 Å². The number of hydrogen-bond acceptors (Lipinski definition) is 0. The Balaban J connectivity index is 1.87. The summed E-state index contributed by atoms with van der Waals surface area (Å²) in [5.41, 5.74) is 15.8. The summed E-state index contributed by atoms with van der Waals surface area (Å²) in [5, 5.41) is 0. The highest BCUT2D eigenvalue weighted by Crippen LogP contribution is 2.75. The zero-order valence-electron chi connectivity index (χ0n) is 26.0. The first kappa shape index (κ1) is 28.2. The van der Waals surface area contributed by atoms with Crippen LogP contribution < -0.4 is 0 Å². The molecule has 206 valence electrons. The smallest absolute Gasteiger partial charge is 0.0218 e. The maximum atomic E-state index is 4.83. The Kier molecular flexibility index (Phi) is 6.38. The van der Waals surface area contributed by atoms with Crippen molar-refractivity contribution in [3.63, 3.8) is 0 Å². The van der Waals surface area contributed by atoms with E-state index in [1.54, 1.807) is 0 Å². The van der Waals surface area contributed by atoms with Gasteiger partial charge in [0.15, 0.2) is 0 Å². The van der Waals surface area contributed by atoms with Crippen molar-refractivity contribution >= 4 is 22.8 Å². The minimum Gasteiger partial charge on any atom is -0.0992 e. The number of hydrogen-bond donors (Lipinski definition) is 0. The van der Waals surface area contributed by atoms with Crippen LogP contribution in [-0.2, 0) is 0 Å². The lowest BCUT2D eigenvalue weighted by molar-refractivity contribution is -0.00621. The van der Waals surface area contributed by atoms with E-state index in [0.29, 0.717) is 5.92 Å². The summed E-state index contributed by atoms with van der Waals surface area (Å²) in [5.74, 6) is 0.438. The van der Waals surface area contributed by atoms with Crippen molar-refractivity contribution in [2.24, 2.45) is 28.1 Å². The summed E-state index contributed by atoms with van der Waals surface area (Å²) in [4.78, 5) is 0. The highest BCUT2D eigenvalue weighted by Gasteiger charge is 2.65. The topological polar surface area (TPSA) is 0 Å². The highest BCUT2D eigenvalue weighted by atomic mass is 14.7. The first-order valence-electron chi connectivity index (χ1n) is 14.6. The van der Waals surface area contributed by atoms with Crippen LogP contribution in [0.4, 0.5) is 0 Å². The van der Waals surface area contributed by atoms with Crippen LogP contribution in [0.25, 0.3) is 22.8 Å². The molecule has 0 radical (unpaired) electrons. The quantitative estimate of drug-likeness (QED) is 0.349. The van der Waals surface area contributed by atoms with Crippen molar-refractivity contribution in [1.29, 1.82) is 0 Å². The summed E-state index contributed by atoms with van der Waals surface area (Å²) in [7, 11) is 0. The Morgan fingerprint density at radius 2 is 1.55 bits per heavy atom. The molecule has 0 amide bonds. The largest absolute Gasteiger partial charge is 0.0992 e. The summed E-state index contributed by atoms with van der Waals surface area (Å²) in [6.45, 7) is 41.4. The molecule has 0 bridgehead atoms. The molecule has 1 unspecified atom stereocenters. The van der Waals surface area contributed by atoms with Crippen molar-refractivity contribution in [3.05, 3.63) is 131 Å². The molecule has 0 spiro atoms. The molecule has 2 aromatic carbocycles. The van der Waals surface area contributed by atoms with E-state index >= 15 is 0 Å². The molecule has 0 aromatic heterocycles. The van der Waals surface area contributed by atoms with Gasteiger partial charge in [0.05, 0.1) is 0 Å². The van der Waals surface area contributed by atoms with Crippen LogP contribution in [0.3, 0.4) is 0 Å². The van der Waals surface area contributed by atoms with Gasteiger partial charge in [0.25, 0.3) is 0 Å². The Labute approximate surface area is 243 Å². The summed E-state index contributed by atoms with van der Waals surface area (Å²) in [6, 6.07) is 15.6. The second-order valence-electron chi connectivity index (χ2n) is 13.5. The zero-order chi connectivity index (χ0) is 29.5. The van der Waals surface area contributed by atoms with Gasteiger partial charge in [0.2, 0.25) is 0 Å². The van der Waals surface area contributed by atoms with Crippen LogP contribution in [-0.4, -0.2) is 0 Å². The fraction of sp³-hybridized carbons (Fsp3) is 0.350. The van der Waals surface area contributed by atoms with Crippen LogP contribution in [0.5, 0.6) is 0 Å². The third-order valence-electron chi connectivity index (χ3n) is 11.5. The summed E-state index contributed by atoms with van der Waals surface area (Å²) < 4.78 is 0. The van der Waals surface area contributed by atoms with Crippen LogP contribution in [0.15, 0.2) is 103 Å². The molecule has 2 aromatic rings. The fourth-order valence-corrected chi connectivity index (χ4v) is 8.91. The van der Waals surface area contributed by atoms with E-state index in [-0.39, 0.29) is 22.2 Å². The number of benzene rings is 2. The predicted molar refractivity (Wildman–Crippen MR) is 177 cm³/mol. The number of aryl methyl sites for hydroxylation is 1. The van der Waals surface area contributed by atoms with E-state index in [0.717, 1.165) is 17.6 Å². The normalized spacial score (nSPS) is 32.5. The number of rotatable bonds is 3. The Bertz CT molecular complexity index is 1580. The minimum atomic E-state index is -0.236. The van der Waals surface area contributed by atoms with Gasteiger partial charge in [0, 0.05) is 16.7 Å². The highest BCUT2D eigenvalue weighted by molar-refractivity contribution is 6.02. The van der Waals surface area contributed by atoms with Crippen LogP contribution in [0, 0.1) is 35.0 Å². The first-order valence-corrected chi connectivity index (χ1v) is 14.6. The molecule has 1 saturated carbocycles. The van der Waals surface area contributed by atoms with Gasteiger partial charge in [-0.3, -0.25) is 0 Å². The van der Waals surface area contributed by atoms with Gasteiger partial charge in [-0.1, -0.05) is 137 Å². The van der Waals surface area contributed by atoms with Crippen molar-refractivity contribution in [2.75, 3.05) is 0 Å². The minimum absolute atomic E-state index is 0.0695. The van der Waals surface area contributed by atoms with Crippen molar-refractivity contribution < 1.29 is 0 Å². The van der Waals surface area contributed by atoms with Gasteiger partial charge in [-0.05, 0) is 90.0 Å². The SMILES string of the molecule is C=C(C)c1ccc(/C=C2\c3cccc(C)c3C(=C)C3=C(C)[C@@]4(C)C(=C)C(C(=C)C)C(=C)C[C@@]4(C)[C@H](C)[C@]32C)cc1. The van der Waals surface area contributed by atoms with Crippen LogP contribution in [0.2, 0.25) is 0 Å². The Morgan fingerprint density at radius 1 is 0.925 bits per heavy atom. The monoisotopic (exact) mass is 526 g/mol. The van der Waals surface area contributed by atoms with Gasteiger partial charge < -0.3 is 0 Å². The predicted octanol–water partition coefficient (Wildman–Crippen LogP) is 11.3. The van der Waals surface area contributed by atoms with Gasteiger partial charge in [-0.2, -0.15) is 0 Å². The number of fused-ring (bicyclic) bond motifs is 3. The molecule has 5 rings (SSSR count). The van der Waals surface area contributed by atoms with Gasteiger partial charge in [-0.15, -0.1) is 0 Å². The molecule has 0 saturated heterocycles. The van der Waals surface area contributed by atoms with E-state index in [1.807, 2.05) is 0 Å². The average Bonchev–Trinajstić information content (AvgIpc) is 2.88. The summed E-state index contributed by atoms with van der Waals surface area (Å²) >= 11 is 0. The molecule has 0 aliphatic heterocycles. The molecule has 0 heteroatoms. The molecule has 3 aliphatic carbocycles. The lowest BCUT2D eigenvalue weighted by Gasteiger charge is -2.67. The molecule has 40 heavy (non-hydrogen) atoms. The molecule has 0 nitrogen and oxygen atoms in total. The Morgan fingerprint density at radius 3 is 2.12 bits per heavy atom. The molecule has 5 atom stereocenters. The second-order valence-corrected chi connectivity index (χ2v) is 13.5. The van der Waals surface area contributed by atoms with E-state index in [2.05, 4.69) is 124 Å². The lowest BCUT2D eigenvalue weighted by atomic mass is 9.36. The average molecular weight is 527 g/mol. The van der Waals surface area contributed by atoms with E-state index in [4.69, 9.17) is 13.2 Å². The maximum absolute atomic E-state index is 4.83. The molecule has 1 fully saturated rings. The van der Waals surface area contributed by atoms with E-state index < -0.39 is 0 Å². The third kappa shape index (κ3) is 3.44. The van der Waals surface area contributed by atoms with Crippen LogP contribution in [0.1, 0.15) is 82.7 Å². The van der Waals surface area contributed by atoms with Gasteiger partial charge in [-0.25, -0.2) is 0 Å². The zero-order valence-corrected chi connectivity index (χ0v) is 26.0. The molecule has 0 N–H and O–H groups in total. The van der Waals surface area contributed by atoms with E-state index in [1.165, 1.54) is 61.3 Å². The standard InChI is InChI=1S/C40H46/c1-23(2)32-19-17-31(18-20-32)21-34-33-16-14-15-25(5)36(33)27(7)37-29(9)40(13)28(8)35(24(3)4)26(6)22-38(40,11)30(10)39(34,37)12/h14-21,30,35H,1,3,6-8,22H2,2,4-5,9-13H3/b34-21+/t30-,35?,38-,39-,40+/m0/s1. The molecular formula is C40H46. The maximum Gasteiger partial charge on any atom is 0.0218 e. The van der Waals surface area contributed by atoms with Crippen LogP contribution >= 0.6 is 0 Å². The van der Waals surface area contributed by atoms with Gasteiger partial charge in [0.1, 0.15) is 0 Å². The second kappa shape index (κ2) is 9.07. The summed E-state index contributed by atoms with van der Waals surface area (Å²) in [6.07, 6.45) is 3.39. The Hall–Kier alpha value is -3.38. The van der Waals surface area contributed by atoms with Crippen molar-refractivity contribution in [3.8, 4) is 0 Å². The fourth-order valence-electron chi connectivity index (χ4n) is 8.91. The van der Waals surface area contributed by atoms with Crippen molar-refractivity contribution in [1.82, 2.24) is 0 Å². The molecular weight excluding hydrogens is 480 g/mol. The van der Waals surface area contributed by atoms with Gasteiger partial charge >= 0.3 is 0 Å². The lowest BCUT2D eigenvalue weighted by Crippen LogP contribution is -2.58. The first-order chi connectivity index (χ1) is 18.6.